The third kappa shape index (κ3) is 6.42. The topological polar surface area (TPSA) is 93.4 Å². The minimum Gasteiger partial charge on any atom is -0.390 e. The fourth-order valence-electron chi connectivity index (χ4n) is 6.42. The van der Waals surface area contributed by atoms with Crippen LogP contribution in [-0.2, 0) is 31.2 Å². The fraction of sp³-hybridized carbons (Fsp3) is 0.531. The van der Waals surface area contributed by atoms with Gasteiger partial charge in [-0.1, -0.05) is 49.6 Å². The van der Waals surface area contributed by atoms with Crippen molar-refractivity contribution >= 4 is 28.4 Å². The minimum atomic E-state index is -0.699. The number of carbonyl (C=O) groups excluding carboxylic acids is 1. The van der Waals surface area contributed by atoms with Gasteiger partial charge in [0.05, 0.1) is 16.5 Å². The van der Waals surface area contributed by atoms with E-state index in [-0.39, 0.29) is 23.6 Å². The van der Waals surface area contributed by atoms with Crippen LogP contribution in [0.1, 0.15) is 79.0 Å². The number of halogens is 1. The molecule has 2 aromatic carbocycles. The highest BCUT2D eigenvalue weighted by atomic mass is 35.5. The molecule has 1 aliphatic heterocycles. The normalized spacial score (nSPS) is 21.9. The van der Waals surface area contributed by atoms with Gasteiger partial charge in [0.1, 0.15) is 0 Å². The summed E-state index contributed by atoms with van der Waals surface area (Å²) in [5, 5.41) is 19.9. The number of nitrogens with zero attached hydrogens (tertiary/aromatic N) is 2. The fourth-order valence-corrected chi connectivity index (χ4v) is 6.54. The molecule has 8 heteroatoms. The zero-order valence-corrected chi connectivity index (χ0v) is 24.3. The Hall–Kier alpha value is -2.74. The maximum Gasteiger partial charge on any atom is 0.276 e. The van der Waals surface area contributed by atoms with Gasteiger partial charge >= 0.3 is 0 Å². The Morgan fingerprint density at radius 2 is 1.90 bits per heavy atom. The van der Waals surface area contributed by atoms with Crippen LogP contribution in [0.25, 0.3) is 10.9 Å². The van der Waals surface area contributed by atoms with Gasteiger partial charge in [0, 0.05) is 31.8 Å². The number of nitrogens with one attached hydrogen (secondary N) is 1. The van der Waals surface area contributed by atoms with E-state index in [1.54, 1.807) is 23.9 Å². The van der Waals surface area contributed by atoms with Gasteiger partial charge in [-0.05, 0) is 91.7 Å². The smallest absolute Gasteiger partial charge is 0.276 e. The van der Waals surface area contributed by atoms with Crippen molar-refractivity contribution in [3.63, 3.8) is 0 Å². The third-order valence-electron chi connectivity index (χ3n) is 8.97. The summed E-state index contributed by atoms with van der Waals surface area (Å²) >= 11 is 5.97. The number of hydrogen-bond acceptors (Lipinski definition) is 5. The Balaban J connectivity index is 1.48. The summed E-state index contributed by atoms with van der Waals surface area (Å²) in [7, 11) is 1.79. The average Bonchev–Trinajstić information content (AvgIpc) is 2.95. The first kappa shape index (κ1) is 28.8. The van der Waals surface area contributed by atoms with E-state index in [1.807, 2.05) is 18.2 Å². The number of aliphatic hydroxyl groups is 1. The van der Waals surface area contributed by atoms with Crippen molar-refractivity contribution in [1.29, 1.82) is 0 Å². The molecule has 2 fully saturated rings. The van der Waals surface area contributed by atoms with Crippen LogP contribution in [0.3, 0.4) is 0 Å². The zero-order valence-electron chi connectivity index (χ0n) is 23.5. The number of amides is 1. The van der Waals surface area contributed by atoms with Gasteiger partial charge in [0.2, 0.25) is 5.43 Å². The first-order chi connectivity index (χ1) is 19.2. The lowest BCUT2D eigenvalue weighted by atomic mass is 9.73. The van der Waals surface area contributed by atoms with E-state index in [0.717, 1.165) is 80.4 Å². The summed E-state index contributed by atoms with van der Waals surface area (Å²) in [5.41, 5.74) is 2.54. The van der Waals surface area contributed by atoms with Gasteiger partial charge in [-0.2, -0.15) is 5.10 Å². The van der Waals surface area contributed by atoms with Crippen LogP contribution in [0.2, 0.25) is 5.02 Å². The van der Waals surface area contributed by atoms with Crippen LogP contribution in [0.4, 0.5) is 0 Å². The molecule has 1 aliphatic carbocycles. The molecule has 7 nitrogen and oxygen atoms in total. The van der Waals surface area contributed by atoms with Gasteiger partial charge in [-0.25, -0.2) is 0 Å². The van der Waals surface area contributed by atoms with Crippen LogP contribution < -0.4 is 10.7 Å². The predicted molar refractivity (Wildman–Crippen MR) is 158 cm³/mol. The van der Waals surface area contributed by atoms with Gasteiger partial charge in [0.15, 0.2) is 5.69 Å². The van der Waals surface area contributed by atoms with Crippen molar-refractivity contribution in [2.24, 2.45) is 18.9 Å². The Bertz CT molecular complexity index is 1410. The summed E-state index contributed by atoms with van der Waals surface area (Å²) in [5.74, 6) is 0.240. The number of carbonyl (C=O) groups is 1. The summed E-state index contributed by atoms with van der Waals surface area (Å²) in [6, 6.07) is 11.3. The number of aryl methyl sites for hydroxylation is 2. The first-order valence-corrected chi connectivity index (χ1v) is 15.0. The number of rotatable bonds is 8. The molecule has 1 saturated heterocycles. The van der Waals surface area contributed by atoms with Crippen LogP contribution in [0, 0.1) is 11.8 Å². The molecule has 214 valence electrons. The zero-order chi connectivity index (χ0) is 28.3. The predicted octanol–water partition coefficient (Wildman–Crippen LogP) is 5.36. The molecule has 2 unspecified atom stereocenters. The average molecular weight is 566 g/mol. The monoisotopic (exact) mass is 565 g/mol. The molecule has 3 aromatic rings. The maximum atomic E-state index is 13.8. The Morgan fingerprint density at radius 3 is 2.62 bits per heavy atom. The molecule has 40 heavy (non-hydrogen) atoms. The van der Waals surface area contributed by atoms with Crippen molar-refractivity contribution in [2.75, 3.05) is 13.2 Å². The van der Waals surface area contributed by atoms with Crippen LogP contribution in [0.15, 0.2) is 41.2 Å². The van der Waals surface area contributed by atoms with Gasteiger partial charge in [-0.3, -0.25) is 14.3 Å². The molecule has 0 bridgehead atoms. The molecule has 1 aromatic heterocycles. The van der Waals surface area contributed by atoms with E-state index in [1.165, 1.54) is 0 Å². The van der Waals surface area contributed by atoms with E-state index < -0.39 is 11.5 Å². The lowest BCUT2D eigenvalue weighted by Gasteiger charge is -2.38. The molecule has 0 spiro atoms. The van der Waals surface area contributed by atoms with E-state index in [0.29, 0.717) is 29.2 Å². The van der Waals surface area contributed by atoms with Crippen molar-refractivity contribution in [2.45, 2.75) is 76.9 Å². The molecular formula is C32H40ClN3O4. The van der Waals surface area contributed by atoms with E-state index in [9.17, 15) is 14.7 Å². The van der Waals surface area contributed by atoms with Crippen molar-refractivity contribution < 1.29 is 14.6 Å². The number of hydrogen-bond donors (Lipinski definition) is 2. The molecule has 0 radical (unpaired) electrons. The maximum absolute atomic E-state index is 13.8. The Kier molecular flexibility index (Phi) is 8.93. The SMILES string of the molecule is CC1CCCCC1(O)CCc1cc(CC2CCOCC2)cc2c(=O)c(C(=O)NCc3ccc(Cl)cc3)nn(C)c12. The number of aromatic nitrogens is 2. The molecular weight excluding hydrogens is 526 g/mol. The molecule has 2 heterocycles. The Morgan fingerprint density at radius 1 is 1.15 bits per heavy atom. The van der Waals surface area contributed by atoms with E-state index in [4.69, 9.17) is 16.3 Å². The Labute approximate surface area is 240 Å². The number of fused-ring (bicyclic) bond motifs is 1. The second kappa shape index (κ2) is 12.4. The molecule has 1 saturated carbocycles. The van der Waals surface area contributed by atoms with Crippen molar-refractivity contribution in [3.8, 4) is 0 Å². The molecule has 1 amide bonds. The highest BCUT2D eigenvalue weighted by Crippen LogP contribution is 2.37. The highest BCUT2D eigenvalue weighted by molar-refractivity contribution is 6.30. The summed E-state index contributed by atoms with van der Waals surface area (Å²) in [4.78, 5) is 26.9. The summed E-state index contributed by atoms with van der Waals surface area (Å²) < 4.78 is 7.22. The molecule has 5 rings (SSSR count). The lowest BCUT2D eigenvalue weighted by molar-refractivity contribution is -0.0475. The largest absolute Gasteiger partial charge is 0.390 e. The minimum absolute atomic E-state index is 0.113. The van der Waals surface area contributed by atoms with E-state index >= 15 is 0 Å². The summed E-state index contributed by atoms with van der Waals surface area (Å²) in [6.07, 6.45) is 8.19. The highest BCUT2D eigenvalue weighted by Gasteiger charge is 2.35. The molecule has 2 atom stereocenters. The van der Waals surface area contributed by atoms with Gasteiger partial charge < -0.3 is 15.2 Å². The quantitative estimate of drug-likeness (QED) is 0.383. The van der Waals surface area contributed by atoms with Crippen molar-refractivity contribution in [1.82, 2.24) is 15.1 Å². The van der Waals surface area contributed by atoms with Crippen LogP contribution in [0.5, 0.6) is 0 Å². The summed E-state index contributed by atoms with van der Waals surface area (Å²) in [6.45, 7) is 3.94. The second-order valence-corrected chi connectivity index (χ2v) is 12.2. The standard InChI is InChI=1S/C32H40ClN3O4/c1-21-5-3-4-13-32(21,39)14-10-25-18-24(17-22-11-15-40-16-12-22)19-27-29(25)36(2)35-28(30(27)37)31(38)34-20-23-6-8-26(33)9-7-23/h6-9,18-19,21-22,39H,3-5,10-17,20H2,1-2H3,(H,34,38). The lowest BCUT2D eigenvalue weighted by Crippen LogP contribution is -2.39. The first-order valence-electron chi connectivity index (χ1n) is 14.6. The van der Waals surface area contributed by atoms with Crippen molar-refractivity contribution in [3.05, 3.63) is 74.0 Å². The van der Waals surface area contributed by atoms with E-state index in [2.05, 4.69) is 23.4 Å². The second-order valence-electron chi connectivity index (χ2n) is 11.8. The number of ether oxygens (including phenoxy) is 1. The third-order valence-corrected chi connectivity index (χ3v) is 9.22. The molecule has 2 N–H and O–H groups in total. The van der Waals surface area contributed by atoms with Gasteiger partial charge in [0.25, 0.3) is 5.91 Å². The van der Waals surface area contributed by atoms with Crippen LogP contribution in [-0.4, -0.2) is 39.6 Å². The molecule has 2 aliphatic rings. The van der Waals surface area contributed by atoms with Gasteiger partial charge in [-0.15, -0.1) is 0 Å². The van der Waals surface area contributed by atoms with Crippen LogP contribution >= 0.6 is 11.6 Å². The number of benzene rings is 2.